The lowest BCUT2D eigenvalue weighted by atomic mass is 9.93. The Morgan fingerprint density at radius 2 is 1.90 bits per heavy atom. The number of amides is 3. The van der Waals surface area contributed by atoms with Crippen molar-refractivity contribution in [3.63, 3.8) is 0 Å². The van der Waals surface area contributed by atoms with Crippen molar-refractivity contribution in [3.05, 3.63) is 105 Å². The number of aliphatic carboxylic acids is 1. The number of carboxylic acid groups (broad SMARTS) is 1. The molecule has 0 spiro atoms. The predicted octanol–water partition coefficient (Wildman–Crippen LogP) is 4.72. The summed E-state index contributed by atoms with van der Waals surface area (Å²) in [6.45, 7) is 3.78. The number of aryl methyl sites for hydroxylation is 1. The van der Waals surface area contributed by atoms with Gasteiger partial charge in [-0.25, -0.2) is 14.6 Å². The van der Waals surface area contributed by atoms with E-state index in [0.717, 1.165) is 5.56 Å². The molecule has 0 saturated heterocycles. The summed E-state index contributed by atoms with van der Waals surface area (Å²) in [5.74, 6) is -0.599. The van der Waals surface area contributed by atoms with E-state index < -0.39 is 23.0 Å². The average Bonchev–Trinajstić information content (AvgIpc) is 2.96. The predicted molar refractivity (Wildman–Crippen MR) is 148 cm³/mol. The fraction of sp³-hybridized carbons (Fsp3) is 0.241. The summed E-state index contributed by atoms with van der Waals surface area (Å²) in [5, 5.41) is 26.3. The Bertz CT molecular complexity index is 1500. The first kappa shape index (κ1) is 28.7. The third-order valence-electron chi connectivity index (χ3n) is 6.82. The van der Waals surface area contributed by atoms with Crippen molar-refractivity contribution in [1.29, 1.82) is 0 Å². The van der Waals surface area contributed by atoms with Crippen molar-refractivity contribution in [1.82, 2.24) is 20.5 Å². The summed E-state index contributed by atoms with van der Waals surface area (Å²) in [7, 11) is 1.63. The van der Waals surface area contributed by atoms with Crippen LogP contribution in [0.15, 0.2) is 78.1 Å². The van der Waals surface area contributed by atoms with Gasteiger partial charge in [0.25, 0.3) is 11.6 Å². The highest BCUT2D eigenvalue weighted by Crippen LogP contribution is 2.31. The zero-order valence-corrected chi connectivity index (χ0v) is 22.7. The van der Waals surface area contributed by atoms with Crippen LogP contribution in [0.4, 0.5) is 10.5 Å². The van der Waals surface area contributed by atoms with Crippen LogP contribution in [0.5, 0.6) is 11.6 Å². The lowest BCUT2D eigenvalue weighted by Gasteiger charge is -2.30. The summed E-state index contributed by atoms with van der Waals surface area (Å²) in [5.41, 5.74) is 1.54. The van der Waals surface area contributed by atoms with E-state index in [1.165, 1.54) is 35.4 Å². The molecule has 0 fully saturated rings. The summed E-state index contributed by atoms with van der Waals surface area (Å²) in [4.78, 5) is 54.1. The normalized spacial score (nSPS) is 15.4. The molecule has 1 aliphatic rings. The SMILES string of the molecule is Cc1ccc(Oc2ccc(C(=O)N(C)C(C)CCC3=C(C(=O)O)C(c4cccc([N+](=O)[O-])c4)NC(=O)N3)cn2)cc1. The van der Waals surface area contributed by atoms with Gasteiger partial charge in [-0.2, -0.15) is 0 Å². The number of allylic oxidation sites excluding steroid dienone is 1. The Hall–Kier alpha value is -5.26. The maximum absolute atomic E-state index is 13.1. The van der Waals surface area contributed by atoms with Crippen molar-refractivity contribution < 1.29 is 29.2 Å². The number of urea groups is 1. The molecule has 3 amide bonds. The van der Waals surface area contributed by atoms with Crippen LogP contribution < -0.4 is 15.4 Å². The second-order valence-electron chi connectivity index (χ2n) is 9.68. The topological polar surface area (TPSA) is 164 Å². The number of benzene rings is 2. The highest BCUT2D eigenvalue weighted by molar-refractivity contribution is 5.94. The molecular formula is C29H29N5O7. The van der Waals surface area contributed by atoms with Gasteiger partial charge < -0.3 is 25.4 Å². The van der Waals surface area contributed by atoms with Crippen LogP contribution in [0, 0.1) is 17.0 Å². The first-order valence-corrected chi connectivity index (χ1v) is 12.8. The Balaban J connectivity index is 1.45. The van der Waals surface area contributed by atoms with Gasteiger partial charge in [0, 0.05) is 43.2 Å². The lowest BCUT2D eigenvalue weighted by molar-refractivity contribution is -0.384. The van der Waals surface area contributed by atoms with Gasteiger partial charge in [-0.05, 0) is 50.5 Å². The van der Waals surface area contributed by atoms with Gasteiger partial charge in [0.15, 0.2) is 0 Å². The summed E-state index contributed by atoms with van der Waals surface area (Å²) < 4.78 is 5.72. The molecule has 1 aromatic heterocycles. The lowest BCUT2D eigenvalue weighted by Crippen LogP contribution is -2.46. The smallest absolute Gasteiger partial charge is 0.335 e. The molecule has 3 N–H and O–H groups in total. The Labute approximate surface area is 235 Å². The van der Waals surface area contributed by atoms with Crippen LogP contribution in [-0.4, -0.2) is 50.9 Å². The molecule has 1 aliphatic heterocycles. The van der Waals surface area contributed by atoms with Gasteiger partial charge in [-0.15, -0.1) is 0 Å². The van der Waals surface area contributed by atoms with E-state index in [1.54, 1.807) is 19.2 Å². The van der Waals surface area contributed by atoms with Crippen LogP contribution in [0.3, 0.4) is 0 Å². The number of hydrogen-bond donors (Lipinski definition) is 3. The molecule has 4 rings (SSSR count). The van der Waals surface area contributed by atoms with Crippen LogP contribution in [-0.2, 0) is 4.79 Å². The second-order valence-corrected chi connectivity index (χ2v) is 9.68. The molecule has 3 aromatic rings. The quantitative estimate of drug-likeness (QED) is 0.237. The molecule has 0 bridgehead atoms. The number of non-ortho nitro benzene ring substituents is 1. The number of nitrogens with zero attached hydrogens (tertiary/aromatic N) is 3. The number of hydrogen-bond acceptors (Lipinski definition) is 7. The van der Waals surface area contributed by atoms with Crippen LogP contribution in [0.2, 0.25) is 0 Å². The number of carbonyl (C=O) groups is 3. The third kappa shape index (κ3) is 6.85. The van der Waals surface area contributed by atoms with Gasteiger partial charge >= 0.3 is 12.0 Å². The molecular weight excluding hydrogens is 530 g/mol. The van der Waals surface area contributed by atoms with E-state index in [4.69, 9.17) is 4.74 Å². The molecule has 2 atom stereocenters. The highest BCUT2D eigenvalue weighted by atomic mass is 16.6. The Morgan fingerprint density at radius 1 is 1.17 bits per heavy atom. The van der Waals surface area contributed by atoms with Crippen molar-refractivity contribution in [2.24, 2.45) is 0 Å². The monoisotopic (exact) mass is 559 g/mol. The third-order valence-corrected chi connectivity index (χ3v) is 6.82. The van der Waals surface area contributed by atoms with Crippen LogP contribution in [0.1, 0.15) is 47.3 Å². The zero-order valence-electron chi connectivity index (χ0n) is 22.7. The summed E-state index contributed by atoms with van der Waals surface area (Å²) in [6, 6.07) is 14.1. The van der Waals surface area contributed by atoms with Crippen molar-refractivity contribution in [2.75, 3.05) is 7.05 Å². The number of ether oxygens (including phenoxy) is 1. The van der Waals surface area contributed by atoms with Crippen LogP contribution in [0.25, 0.3) is 0 Å². The first-order chi connectivity index (χ1) is 19.5. The Kier molecular flexibility index (Phi) is 8.61. The molecule has 0 aliphatic carbocycles. The number of nitrogens with one attached hydrogen (secondary N) is 2. The van der Waals surface area contributed by atoms with E-state index in [2.05, 4.69) is 15.6 Å². The average molecular weight is 560 g/mol. The van der Waals surface area contributed by atoms with Gasteiger partial charge in [-0.3, -0.25) is 14.9 Å². The van der Waals surface area contributed by atoms with Gasteiger partial charge in [0.2, 0.25) is 5.88 Å². The van der Waals surface area contributed by atoms with Crippen molar-refractivity contribution >= 4 is 23.6 Å². The standard InChI is InChI=1S/C29H29N5O7/c1-17-7-11-22(12-8-17)41-24-14-10-20(16-30-24)27(35)33(3)18(2)9-13-23-25(28(36)37)26(32-29(38)31-23)19-5-4-6-21(15-19)34(39)40/h4-8,10-12,14-16,18,26H,9,13H2,1-3H3,(H,36,37)(H2,31,32,38). The van der Waals surface area contributed by atoms with E-state index in [-0.39, 0.29) is 40.9 Å². The highest BCUT2D eigenvalue weighted by Gasteiger charge is 2.33. The number of nitro benzene ring substituents is 1. The van der Waals surface area contributed by atoms with Crippen molar-refractivity contribution in [2.45, 2.75) is 38.8 Å². The number of aromatic nitrogens is 1. The number of nitro groups is 1. The minimum Gasteiger partial charge on any atom is -0.478 e. The van der Waals surface area contributed by atoms with E-state index in [0.29, 0.717) is 23.6 Å². The summed E-state index contributed by atoms with van der Waals surface area (Å²) in [6.07, 6.45) is 1.90. The van der Waals surface area contributed by atoms with E-state index in [1.807, 2.05) is 38.1 Å². The van der Waals surface area contributed by atoms with E-state index >= 15 is 0 Å². The fourth-order valence-electron chi connectivity index (χ4n) is 4.38. The fourth-order valence-corrected chi connectivity index (χ4v) is 4.38. The number of rotatable bonds is 10. The Morgan fingerprint density at radius 3 is 2.54 bits per heavy atom. The summed E-state index contributed by atoms with van der Waals surface area (Å²) >= 11 is 0. The largest absolute Gasteiger partial charge is 0.478 e. The molecule has 2 aromatic carbocycles. The molecule has 12 nitrogen and oxygen atoms in total. The van der Waals surface area contributed by atoms with E-state index in [9.17, 15) is 29.6 Å². The molecule has 0 saturated carbocycles. The number of carboxylic acids is 1. The van der Waals surface area contributed by atoms with Gasteiger partial charge in [0.1, 0.15) is 5.75 Å². The first-order valence-electron chi connectivity index (χ1n) is 12.8. The molecule has 41 heavy (non-hydrogen) atoms. The molecule has 12 heteroatoms. The molecule has 212 valence electrons. The van der Waals surface area contributed by atoms with Gasteiger partial charge in [0.05, 0.1) is 22.1 Å². The van der Waals surface area contributed by atoms with Crippen molar-refractivity contribution in [3.8, 4) is 11.6 Å². The molecule has 0 radical (unpaired) electrons. The maximum Gasteiger partial charge on any atom is 0.335 e. The molecule has 2 unspecified atom stereocenters. The van der Waals surface area contributed by atoms with Crippen LogP contribution >= 0.6 is 0 Å². The van der Waals surface area contributed by atoms with Gasteiger partial charge in [-0.1, -0.05) is 29.8 Å². The maximum atomic E-state index is 13.1. The zero-order chi connectivity index (χ0) is 29.7. The second kappa shape index (κ2) is 12.3. The number of pyridine rings is 1. The minimum atomic E-state index is -1.28. The minimum absolute atomic E-state index is 0.125. The number of carbonyl (C=O) groups excluding carboxylic acids is 2. The molecule has 2 heterocycles.